The third-order valence-electron chi connectivity index (χ3n) is 0.663. The molecule has 52 valence electrons. The molecule has 3 nitrogen and oxygen atoms in total. The van der Waals surface area contributed by atoms with Gasteiger partial charge in [0.25, 0.3) is 0 Å². The summed E-state index contributed by atoms with van der Waals surface area (Å²) in [5.41, 5.74) is 5.32. The summed E-state index contributed by atoms with van der Waals surface area (Å²) in [6.45, 7) is 2.73. The number of hydrogen-bond donors (Lipinski definition) is 2. The highest BCUT2D eigenvalue weighted by Gasteiger charge is 1.78. The monoisotopic (exact) mass is 145 g/mol. The minimum Gasteiger partial charge on any atom is -0.392 e. The summed E-state index contributed by atoms with van der Waals surface area (Å²) < 4.78 is 0. The standard InChI is InChI=1S/C5H11N3S/c1-2-8-4-3-5(6)9-7/h3-4H,2,6-7H2,1H3/b5-3+,8-4?. The van der Waals surface area contributed by atoms with E-state index in [0.29, 0.717) is 5.03 Å². The van der Waals surface area contributed by atoms with E-state index in [2.05, 4.69) is 4.99 Å². The minimum absolute atomic E-state index is 0.576. The van der Waals surface area contributed by atoms with Gasteiger partial charge in [-0.1, -0.05) is 0 Å². The lowest BCUT2D eigenvalue weighted by atomic mass is 10.6. The van der Waals surface area contributed by atoms with Crippen molar-refractivity contribution in [3.8, 4) is 0 Å². The van der Waals surface area contributed by atoms with Gasteiger partial charge in [-0.25, -0.2) is 0 Å². The van der Waals surface area contributed by atoms with Gasteiger partial charge in [0.15, 0.2) is 0 Å². The van der Waals surface area contributed by atoms with Crippen LogP contribution in [0, 0.1) is 0 Å². The first-order chi connectivity index (χ1) is 4.31. The van der Waals surface area contributed by atoms with Crippen LogP contribution in [0.5, 0.6) is 0 Å². The van der Waals surface area contributed by atoms with Gasteiger partial charge in [0.2, 0.25) is 0 Å². The van der Waals surface area contributed by atoms with E-state index in [4.69, 9.17) is 10.9 Å². The number of nitrogens with two attached hydrogens (primary N) is 2. The second-order valence-corrected chi connectivity index (χ2v) is 2.04. The van der Waals surface area contributed by atoms with E-state index in [1.54, 1.807) is 12.3 Å². The lowest BCUT2D eigenvalue weighted by Gasteiger charge is -1.87. The summed E-state index contributed by atoms with van der Waals surface area (Å²) in [5.74, 6) is 0. The highest BCUT2D eigenvalue weighted by molar-refractivity contribution is 8.00. The molecular weight excluding hydrogens is 134 g/mol. The SMILES string of the molecule is CCN=C/C=C(\N)SN. The van der Waals surface area contributed by atoms with Crippen LogP contribution >= 0.6 is 11.9 Å². The third kappa shape index (κ3) is 5.39. The van der Waals surface area contributed by atoms with E-state index in [9.17, 15) is 0 Å². The molecule has 0 aromatic carbocycles. The fourth-order valence-corrected chi connectivity index (χ4v) is 0.410. The van der Waals surface area contributed by atoms with Crippen LogP contribution in [0.3, 0.4) is 0 Å². The van der Waals surface area contributed by atoms with Gasteiger partial charge in [-0.05, 0) is 24.9 Å². The Bertz CT molecular complexity index is 119. The summed E-state index contributed by atoms with van der Waals surface area (Å²) in [5, 5.41) is 5.69. The van der Waals surface area contributed by atoms with Crippen molar-refractivity contribution in [2.24, 2.45) is 15.9 Å². The molecule has 0 aromatic rings. The number of nitrogens with zero attached hydrogens (tertiary/aromatic N) is 1. The maximum atomic E-state index is 5.32. The maximum Gasteiger partial charge on any atom is 0.0821 e. The second-order valence-electron chi connectivity index (χ2n) is 1.33. The number of aliphatic imine (C=N–C) groups is 1. The van der Waals surface area contributed by atoms with Gasteiger partial charge in [0, 0.05) is 12.8 Å². The van der Waals surface area contributed by atoms with Gasteiger partial charge in [-0.15, -0.1) is 0 Å². The summed E-state index contributed by atoms with van der Waals surface area (Å²) >= 11 is 1.02. The average molecular weight is 145 g/mol. The zero-order chi connectivity index (χ0) is 7.11. The van der Waals surface area contributed by atoms with Gasteiger partial charge in [0.1, 0.15) is 0 Å². The van der Waals surface area contributed by atoms with E-state index in [1.165, 1.54) is 0 Å². The van der Waals surface area contributed by atoms with E-state index < -0.39 is 0 Å². The first-order valence-corrected chi connectivity index (χ1v) is 3.51. The van der Waals surface area contributed by atoms with Crippen molar-refractivity contribution in [1.82, 2.24) is 0 Å². The molecule has 0 amide bonds. The molecule has 0 radical (unpaired) electrons. The molecule has 0 saturated heterocycles. The lowest BCUT2D eigenvalue weighted by molar-refractivity contribution is 1.14. The van der Waals surface area contributed by atoms with Crippen LogP contribution in [-0.2, 0) is 0 Å². The van der Waals surface area contributed by atoms with Crippen LogP contribution in [0.25, 0.3) is 0 Å². The molecule has 0 fully saturated rings. The molecule has 0 aromatic heterocycles. The van der Waals surface area contributed by atoms with Gasteiger partial charge >= 0.3 is 0 Å². The lowest BCUT2D eigenvalue weighted by Crippen LogP contribution is -1.95. The largest absolute Gasteiger partial charge is 0.392 e. The predicted octanol–water partition coefficient (Wildman–Crippen LogP) is 0.484. The molecule has 0 unspecified atom stereocenters. The topological polar surface area (TPSA) is 64.4 Å². The van der Waals surface area contributed by atoms with Crippen LogP contribution in [0.15, 0.2) is 16.1 Å². The van der Waals surface area contributed by atoms with Crippen LogP contribution in [0.4, 0.5) is 0 Å². The summed E-state index contributed by atoms with van der Waals surface area (Å²) in [6, 6.07) is 0. The molecule has 9 heavy (non-hydrogen) atoms. The summed E-state index contributed by atoms with van der Waals surface area (Å²) in [6.07, 6.45) is 3.32. The highest BCUT2D eigenvalue weighted by Crippen LogP contribution is 1.95. The molecule has 0 rings (SSSR count). The summed E-state index contributed by atoms with van der Waals surface area (Å²) in [4.78, 5) is 3.91. The molecule has 0 aliphatic heterocycles. The molecule has 0 heterocycles. The molecule has 4 N–H and O–H groups in total. The molecule has 0 spiro atoms. The fourth-order valence-electron chi connectivity index (χ4n) is 0.271. The Hall–Kier alpha value is -0.480. The predicted molar refractivity (Wildman–Crippen MR) is 43.1 cm³/mol. The fraction of sp³-hybridized carbons (Fsp3) is 0.400. The van der Waals surface area contributed by atoms with Crippen molar-refractivity contribution in [2.75, 3.05) is 6.54 Å². The van der Waals surface area contributed by atoms with E-state index >= 15 is 0 Å². The molecular formula is C5H11N3S. The normalized spacial score (nSPS) is 12.9. The third-order valence-corrected chi connectivity index (χ3v) is 1.07. The van der Waals surface area contributed by atoms with Crippen LogP contribution in [0.1, 0.15) is 6.92 Å². The van der Waals surface area contributed by atoms with E-state index in [0.717, 1.165) is 18.5 Å². The smallest absolute Gasteiger partial charge is 0.0821 e. The van der Waals surface area contributed by atoms with Crippen molar-refractivity contribution in [3.05, 3.63) is 11.1 Å². The van der Waals surface area contributed by atoms with Crippen LogP contribution in [0.2, 0.25) is 0 Å². The highest BCUT2D eigenvalue weighted by atomic mass is 32.2. The Morgan fingerprint density at radius 1 is 1.78 bits per heavy atom. The van der Waals surface area contributed by atoms with Crippen molar-refractivity contribution >= 4 is 18.2 Å². The summed E-state index contributed by atoms with van der Waals surface area (Å²) in [7, 11) is 0. The zero-order valence-corrected chi connectivity index (χ0v) is 6.19. The average Bonchev–Trinajstić information content (AvgIpc) is 1.89. The van der Waals surface area contributed by atoms with Crippen LogP contribution in [-0.4, -0.2) is 12.8 Å². The molecule has 4 heteroatoms. The Labute approximate surface area is 59.3 Å². The van der Waals surface area contributed by atoms with Crippen LogP contribution < -0.4 is 10.9 Å². The Kier molecular flexibility index (Phi) is 5.35. The van der Waals surface area contributed by atoms with E-state index in [-0.39, 0.29) is 0 Å². The molecule has 0 aliphatic rings. The van der Waals surface area contributed by atoms with Crippen molar-refractivity contribution in [1.29, 1.82) is 0 Å². The van der Waals surface area contributed by atoms with Gasteiger partial charge in [-0.3, -0.25) is 10.1 Å². The maximum absolute atomic E-state index is 5.32. The van der Waals surface area contributed by atoms with Gasteiger partial charge in [-0.2, -0.15) is 0 Å². The van der Waals surface area contributed by atoms with Crippen molar-refractivity contribution < 1.29 is 0 Å². The van der Waals surface area contributed by atoms with E-state index in [1.807, 2.05) is 6.92 Å². The second kappa shape index (κ2) is 5.65. The van der Waals surface area contributed by atoms with Crippen molar-refractivity contribution in [3.63, 3.8) is 0 Å². The molecule has 0 aliphatic carbocycles. The Balaban J connectivity index is 3.55. The zero-order valence-electron chi connectivity index (χ0n) is 5.37. The Morgan fingerprint density at radius 2 is 2.44 bits per heavy atom. The number of hydrogen-bond acceptors (Lipinski definition) is 4. The molecule has 0 saturated carbocycles. The quantitative estimate of drug-likeness (QED) is 0.448. The molecule has 0 bridgehead atoms. The van der Waals surface area contributed by atoms with Gasteiger partial charge in [0.05, 0.1) is 5.03 Å². The first-order valence-electron chi connectivity index (χ1n) is 2.63. The van der Waals surface area contributed by atoms with Crippen molar-refractivity contribution in [2.45, 2.75) is 6.92 Å². The van der Waals surface area contributed by atoms with Gasteiger partial charge < -0.3 is 5.73 Å². The molecule has 0 atom stereocenters. The minimum atomic E-state index is 0.576. The number of allylic oxidation sites excluding steroid dienone is 1. The Morgan fingerprint density at radius 3 is 2.89 bits per heavy atom. The first kappa shape index (κ1) is 8.52. The number of rotatable bonds is 3.